The second-order valence-electron chi connectivity index (χ2n) is 3.36. The summed E-state index contributed by atoms with van der Waals surface area (Å²) in [6.45, 7) is 0. The summed E-state index contributed by atoms with van der Waals surface area (Å²) in [5.41, 5.74) is 0.806. The molecule has 3 aromatic rings. The average molecular weight is 391 g/mol. The number of fused-ring (bicyclic) bond motifs is 3. The Morgan fingerprint density at radius 1 is 1.50 bits per heavy atom. The van der Waals surface area contributed by atoms with Gasteiger partial charge in [-0.1, -0.05) is 0 Å². The summed E-state index contributed by atoms with van der Waals surface area (Å²) in [7, 11) is 1.78. The molecule has 0 N–H and O–H groups in total. The molecule has 83 valence electrons. The van der Waals surface area contributed by atoms with Crippen LogP contribution in [0, 0.1) is 6.07 Å². The molecular weight excluding hydrogens is 384 g/mol. The van der Waals surface area contributed by atoms with E-state index in [2.05, 4.69) is 11.1 Å². The minimum atomic E-state index is -0.349. The van der Waals surface area contributed by atoms with Crippen LogP contribution >= 0.6 is 0 Å². The molecule has 0 spiro atoms. The van der Waals surface area contributed by atoms with Crippen LogP contribution < -0.4 is 5.63 Å². The van der Waals surface area contributed by atoms with E-state index in [1.54, 1.807) is 36.1 Å². The van der Waals surface area contributed by atoms with Gasteiger partial charge in [0, 0.05) is 27.2 Å². The molecule has 0 aliphatic rings. The summed E-state index contributed by atoms with van der Waals surface area (Å²) < 4.78 is 6.85. The first-order valence-electron chi connectivity index (χ1n) is 4.52. The second kappa shape index (κ2) is 3.85. The van der Waals surface area contributed by atoms with E-state index in [1.807, 2.05) is 0 Å². The summed E-state index contributed by atoms with van der Waals surface area (Å²) in [6, 6.07) is 8.24. The van der Waals surface area contributed by atoms with Gasteiger partial charge in [-0.3, -0.25) is 9.78 Å². The normalized spacial score (nSPS) is 10.6. The number of aromatic nitrogens is 2. The van der Waals surface area contributed by atoms with Crippen LogP contribution in [-0.4, -0.2) is 9.55 Å². The van der Waals surface area contributed by atoms with Crippen molar-refractivity contribution in [3.05, 3.63) is 41.0 Å². The molecule has 0 atom stereocenters. The van der Waals surface area contributed by atoms with Crippen molar-refractivity contribution in [3.8, 4) is 0 Å². The van der Waals surface area contributed by atoms with Crippen molar-refractivity contribution < 1.29 is 24.5 Å². The summed E-state index contributed by atoms with van der Waals surface area (Å²) in [5, 5.41) is 1.23. The third kappa shape index (κ3) is 1.40. The van der Waals surface area contributed by atoms with E-state index in [1.165, 1.54) is 0 Å². The van der Waals surface area contributed by atoms with Crippen molar-refractivity contribution >= 4 is 22.0 Å². The summed E-state index contributed by atoms with van der Waals surface area (Å²) >= 11 is 0. The molecule has 4 nitrogen and oxygen atoms in total. The van der Waals surface area contributed by atoms with Gasteiger partial charge in [0.25, 0.3) is 0 Å². The Kier molecular flexibility index (Phi) is 2.66. The van der Waals surface area contributed by atoms with E-state index in [9.17, 15) is 4.79 Å². The molecule has 0 saturated carbocycles. The number of aryl methyl sites for hydroxylation is 1. The Balaban J connectivity index is 0.000000963. The van der Waals surface area contributed by atoms with Crippen LogP contribution in [0.5, 0.6) is 0 Å². The quantitative estimate of drug-likeness (QED) is 0.546. The first kappa shape index (κ1) is 11.0. The van der Waals surface area contributed by atoms with E-state index < -0.39 is 0 Å². The minimum Gasteiger partial charge on any atom is -0.419 e. The maximum absolute atomic E-state index is 11.6. The Bertz CT molecular complexity index is 715. The van der Waals surface area contributed by atoms with E-state index in [0.29, 0.717) is 22.0 Å². The molecule has 3 rings (SSSR count). The first-order valence-corrected chi connectivity index (χ1v) is 4.52. The van der Waals surface area contributed by atoms with Crippen molar-refractivity contribution in [2.75, 3.05) is 0 Å². The predicted molar refractivity (Wildman–Crippen MR) is 55.6 cm³/mol. The topological polar surface area (TPSA) is 48.0 Å². The molecule has 1 aromatic carbocycles. The standard InChI is InChI=1S/C11H7N2O2.Ir/c1-13-6-12-9-7-4-2-3-5-8(7)11(14)15-10(9)13;/h2-3,5-6H,1H3;/q-1;. The van der Waals surface area contributed by atoms with Crippen LogP contribution in [-0.2, 0) is 27.2 Å². The third-order valence-electron chi connectivity index (χ3n) is 2.39. The number of benzene rings is 1. The van der Waals surface area contributed by atoms with Crippen molar-refractivity contribution in [1.82, 2.24) is 9.55 Å². The van der Waals surface area contributed by atoms with Crippen molar-refractivity contribution in [3.63, 3.8) is 0 Å². The Labute approximate surface area is 104 Å². The smallest absolute Gasteiger partial charge is 0.301 e. The van der Waals surface area contributed by atoms with Crippen LogP contribution in [0.3, 0.4) is 0 Å². The summed E-state index contributed by atoms with van der Waals surface area (Å²) in [4.78, 5) is 15.8. The van der Waals surface area contributed by atoms with Gasteiger partial charge in [0.05, 0.1) is 11.8 Å². The van der Waals surface area contributed by atoms with Gasteiger partial charge in [0.2, 0.25) is 0 Å². The molecule has 0 amide bonds. The van der Waals surface area contributed by atoms with Gasteiger partial charge in [-0.2, -0.15) is 0 Å². The van der Waals surface area contributed by atoms with E-state index in [4.69, 9.17) is 4.42 Å². The van der Waals surface area contributed by atoms with Crippen LogP contribution in [0.15, 0.2) is 33.7 Å². The number of hydrogen-bond donors (Lipinski definition) is 0. The van der Waals surface area contributed by atoms with Gasteiger partial charge in [-0.25, -0.2) is 0 Å². The molecule has 0 unspecified atom stereocenters. The van der Waals surface area contributed by atoms with Gasteiger partial charge >= 0.3 is 5.63 Å². The molecule has 1 radical (unpaired) electrons. The Hall–Kier alpha value is -1.45. The maximum Gasteiger partial charge on any atom is 0.301 e. The van der Waals surface area contributed by atoms with Crippen LogP contribution in [0.1, 0.15) is 0 Å². The summed E-state index contributed by atoms with van der Waals surface area (Å²) in [5.74, 6) is 0. The fraction of sp³-hybridized carbons (Fsp3) is 0.0909. The third-order valence-corrected chi connectivity index (χ3v) is 2.39. The number of nitrogens with zero attached hydrogens (tertiary/aromatic N) is 2. The largest absolute Gasteiger partial charge is 0.419 e. The van der Waals surface area contributed by atoms with E-state index in [-0.39, 0.29) is 25.7 Å². The molecular formula is C11H7IrN2O2-. The van der Waals surface area contributed by atoms with E-state index >= 15 is 0 Å². The van der Waals surface area contributed by atoms with Crippen molar-refractivity contribution in [2.45, 2.75) is 0 Å². The van der Waals surface area contributed by atoms with Crippen LogP contribution in [0.25, 0.3) is 22.0 Å². The SMILES string of the molecule is Cn1cnc2c3[c-]cccc3c(=O)oc21.[Ir]. The monoisotopic (exact) mass is 392 g/mol. The molecule has 2 heterocycles. The Morgan fingerprint density at radius 2 is 2.31 bits per heavy atom. The zero-order chi connectivity index (χ0) is 10.4. The molecule has 5 heteroatoms. The first-order chi connectivity index (χ1) is 7.27. The molecule has 0 aliphatic carbocycles. The minimum absolute atomic E-state index is 0. The van der Waals surface area contributed by atoms with Crippen molar-refractivity contribution in [2.24, 2.45) is 7.05 Å². The predicted octanol–water partition coefficient (Wildman–Crippen LogP) is 1.48. The van der Waals surface area contributed by atoms with Gasteiger partial charge in [-0.05, 0) is 5.39 Å². The maximum atomic E-state index is 11.6. The summed E-state index contributed by atoms with van der Waals surface area (Å²) in [6.07, 6.45) is 1.62. The molecule has 0 aliphatic heterocycles. The fourth-order valence-corrected chi connectivity index (χ4v) is 1.66. The van der Waals surface area contributed by atoms with Gasteiger partial charge in [0.1, 0.15) is 0 Å². The van der Waals surface area contributed by atoms with Gasteiger partial charge in [0.15, 0.2) is 5.71 Å². The number of hydrogen-bond acceptors (Lipinski definition) is 3. The van der Waals surface area contributed by atoms with Crippen LogP contribution in [0.4, 0.5) is 0 Å². The number of imidazole rings is 1. The number of rotatable bonds is 0. The van der Waals surface area contributed by atoms with Gasteiger partial charge in [-0.15, -0.1) is 29.7 Å². The zero-order valence-corrected chi connectivity index (χ0v) is 10.7. The molecule has 0 bridgehead atoms. The average Bonchev–Trinajstić information content (AvgIpc) is 2.62. The fourth-order valence-electron chi connectivity index (χ4n) is 1.66. The molecule has 0 saturated heterocycles. The molecule has 0 fully saturated rings. The van der Waals surface area contributed by atoms with Gasteiger partial charge < -0.3 is 8.98 Å². The second-order valence-corrected chi connectivity index (χ2v) is 3.36. The molecule has 16 heavy (non-hydrogen) atoms. The zero-order valence-electron chi connectivity index (χ0n) is 8.35. The van der Waals surface area contributed by atoms with E-state index in [0.717, 1.165) is 0 Å². The van der Waals surface area contributed by atoms with Crippen LogP contribution in [0.2, 0.25) is 0 Å². The van der Waals surface area contributed by atoms with Crippen molar-refractivity contribution in [1.29, 1.82) is 0 Å². The Morgan fingerprint density at radius 3 is 3.12 bits per heavy atom. The molecule has 2 aromatic heterocycles.